The van der Waals surface area contributed by atoms with Crippen LogP contribution in [0.3, 0.4) is 0 Å². The van der Waals surface area contributed by atoms with Crippen molar-refractivity contribution in [2.45, 2.75) is 45.5 Å². The maximum atomic E-state index is 11.3. The van der Waals surface area contributed by atoms with Crippen molar-refractivity contribution in [1.82, 2.24) is 0 Å². The normalized spacial score (nSPS) is 20.4. The van der Waals surface area contributed by atoms with Gasteiger partial charge in [-0.2, -0.15) is 16.8 Å². The smallest absolute Gasteiger partial charge is 0.264 e. The van der Waals surface area contributed by atoms with Gasteiger partial charge in [0, 0.05) is 1.37 Å². The van der Waals surface area contributed by atoms with Gasteiger partial charge in [0.2, 0.25) is 0 Å². The van der Waals surface area contributed by atoms with Gasteiger partial charge in [0.15, 0.2) is 0 Å². The van der Waals surface area contributed by atoms with Crippen molar-refractivity contribution >= 4 is 20.2 Å². The third-order valence-corrected chi connectivity index (χ3v) is 3.27. The van der Waals surface area contributed by atoms with Crippen LogP contribution in [0.5, 0.6) is 0 Å². The maximum Gasteiger partial charge on any atom is 0.264 e. The molecule has 4 atom stereocenters. The molecule has 8 nitrogen and oxygen atoms in total. The number of aliphatic hydroxyl groups is 2. The molecule has 0 fully saturated rings. The summed E-state index contributed by atoms with van der Waals surface area (Å²) in [6, 6.07) is 0. The number of aliphatic hydroxyl groups excluding tert-OH is 2. The first-order chi connectivity index (χ1) is 9.54. The molecule has 0 bridgehead atoms. The molecule has 0 saturated heterocycles. The largest absolute Gasteiger partial charge is 0.388 e. The zero-order valence-corrected chi connectivity index (χ0v) is 14.3. The maximum absolute atomic E-state index is 11.3. The second kappa shape index (κ2) is 7.34. The fraction of sp³-hybridized carbons (Fsp3) is 1.00. The van der Waals surface area contributed by atoms with Crippen LogP contribution in [0.25, 0.3) is 0 Å². The van der Waals surface area contributed by atoms with Crippen LogP contribution in [0.2, 0.25) is 0 Å². The molecule has 0 spiro atoms. The predicted molar refractivity (Wildman–Crippen MR) is 76.6 cm³/mol. The fourth-order valence-corrected chi connectivity index (χ4v) is 2.35. The molecule has 0 aliphatic heterocycles. The van der Waals surface area contributed by atoms with Crippen LogP contribution in [-0.2, 0) is 28.6 Å². The molecule has 2 N–H and O–H groups in total. The third kappa shape index (κ3) is 11.0. The zero-order valence-electron chi connectivity index (χ0n) is 13.7. The van der Waals surface area contributed by atoms with Gasteiger partial charge in [-0.1, -0.05) is 20.8 Å². The van der Waals surface area contributed by atoms with Gasteiger partial charge in [-0.25, -0.2) is 0 Å². The van der Waals surface area contributed by atoms with Crippen molar-refractivity contribution < 1.29 is 36.8 Å². The molecule has 0 aliphatic rings. The van der Waals surface area contributed by atoms with Gasteiger partial charge >= 0.3 is 0 Å². The minimum absolute atomic E-state index is 0.751. The topological polar surface area (TPSA) is 127 Å². The lowest BCUT2D eigenvalue weighted by Gasteiger charge is -2.30. The van der Waals surface area contributed by atoms with Crippen LogP contribution in [0, 0.1) is 5.41 Å². The van der Waals surface area contributed by atoms with Crippen LogP contribution < -0.4 is 0 Å². The Morgan fingerprint density at radius 2 is 1.57 bits per heavy atom. The first kappa shape index (κ1) is 18.8. The SMILES string of the molecule is [2H]C(C(OS(C)(=O)=O)[C@@H](O)[C@H](O)COS(C)(=O)=O)C(C)(C)C. The molecule has 0 aromatic heterocycles. The molecule has 0 saturated carbocycles. The molecule has 0 heterocycles. The molecular weight excluding hydrogens is 324 g/mol. The Kier molecular flexibility index (Phi) is 6.56. The highest BCUT2D eigenvalue weighted by atomic mass is 32.2. The molecule has 0 aromatic carbocycles. The van der Waals surface area contributed by atoms with Crippen LogP contribution in [0.1, 0.15) is 28.5 Å². The summed E-state index contributed by atoms with van der Waals surface area (Å²) in [7, 11) is -7.84. The molecule has 2 unspecified atom stereocenters. The van der Waals surface area contributed by atoms with E-state index in [0.717, 1.165) is 12.5 Å². The van der Waals surface area contributed by atoms with Crippen molar-refractivity contribution in [2.24, 2.45) is 5.41 Å². The lowest BCUT2D eigenvalue weighted by Crippen LogP contribution is -2.44. The van der Waals surface area contributed by atoms with Gasteiger partial charge in [0.25, 0.3) is 20.2 Å². The summed E-state index contributed by atoms with van der Waals surface area (Å²) in [5, 5.41) is 19.8. The monoisotopic (exact) mass is 349 g/mol. The quantitative estimate of drug-likeness (QED) is 0.560. The van der Waals surface area contributed by atoms with E-state index in [0.29, 0.717) is 0 Å². The van der Waals surface area contributed by atoms with Crippen LogP contribution >= 0.6 is 0 Å². The number of hydrogen-bond acceptors (Lipinski definition) is 8. The summed E-state index contributed by atoms with van der Waals surface area (Å²) in [4.78, 5) is 0. The first-order valence-electron chi connectivity index (χ1n) is 6.63. The fourth-order valence-electron chi connectivity index (χ4n) is 1.39. The lowest BCUT2D eigenvalue weighted by molar-refractivity contribution is -0.0708. The van der Waals surface area contributed by atoms with E-state index in [9.17, 15) is 27.0 Å². The average molecular weight is 349 g/mol. The van der Waals surface area contributed by atoms with Crippen molar-refractivity contribution in [2.75, 3.05) is 19.1 Å². The van der Waals surface area contributed by atoms with E-state index in [-0.39, 0.29) is 0 Å². The Bertz CT molecular complexity index is 551. The number of rotatable bonds is 8. The van der Waals surface area contributed by atoms with Crippen LogP contribution in [0.4, 0.5) is 0 Å². The Hall–Kier alpha value is -0.260. The van der Waals surface area contributed by atoms with Gasteiger partial charge in [0.1, 0.15) is 18.3 Å². The Morgan fingerprint density at radius 1 is 1.10 bits per heavy atom. The minimum Gasteiger partial charge on any atom is -0.388 e. The molecule has 21 heavy (non-hydrogen) atoms. The summed E-state index contributed by atoms with van der Waals surface area (Å²) in [5.41, 5.74) is -0.756. The van der Waals surface area contributed by atoms with Gasteiger partial charge in [-0.05, 0) is 11.8 Å². The zero-order chi connectivity index (χ0) is 17.9. The molecule has 0 amide bonds. The summed E-state index contributed by atoms with van der Waals surface area (Å²) in [5.74, 6) is 0. The molecular formula is C11H24O8S2. The van der Waals surface area contributed by atoms with E-state index in [2.05, 4.69) is 4.18 Å². The van der Waals surface area contributed by atoms with E-state index in [1.807, 2.05) is 0 Å². The highest BCUT2D eigenvalue weighted by Crippen LogP contribution is 2.26. The predicted octanol–water partition coefficient (Wildman–Crippen LogP) is -0.535. The van der Waals surface area contributed by atoms with E-state index >= 15 is 0 Å². The Morgan fingerprint density at radius 3 is 1.90 bits per heavy atom. The molecule has 10 heteroatoms. The summed E-state index contributed by atoms with van der Waals surface area (Å²) in [6.45, 7) is 4.13. The molecule has 0 rings (SSSR count). The first-order valence-corrected chi connectivity index (χ1v) is 9.69. The highest BCUT2D eigenvalue weighted by molar-refractivity contribution is 7.86. The van der Waals surface area contributed by atoms with Crippen molar-refractivity contribution in [1.29, 1.82) is 0 Å². The Balaban J connectivity index is 5.23. The molecule has 0 radical (unpaired) electrons. The second-order valence-corrected chi connectivity index (χ2v) is 9.09. The van der Waals surface area contributed by atoms with E-state index in [1.165, 1.54) is 0 Å². The summed E-state index contributed by atoms with van der Waals surface area (Å²) >= 11 is 0. The van der Waals surface area contributed by atoms with Crippen LogP contribution in [-0.4, -0.2) is 64.5 Å². The summed E-state index contributed by atoms with van der Waals surface area (Å²) < 4.78 is 61.4. The van der Waals surface area contributed by atoms with Crippen LogP contribution in [0.15, 0.2) is 0 Å². The van der Waals surface area contributed by atoms with Crippen molar-refractivity contribution in [3.8, 4) is 0 Å². The number of hydrogen-bond donors (Lipinski definition) is 2. The Labute approximate surface area is 127 Å². The van der Waals surface area contributed by atoms with E-state index in [1.54, 1.807) is 20.8 Å². The van der Waals surface area contributed by atoms with Gasteiger partial charge < -0.3 is 10.2 Å². The molecule has 0 aromatic rings. The molecule has 0 aliphatic carbocycles. The average Bonchev–Trinajstić information content (AvgIpc) is 2.28. The standard InChI is InChI=1S/C11H24O8S2/c1-11(2,3)6-9(19-21(5,16)17)10(13)8(12)7-18-20(4,14)15/h8-10,12-13H,6-7H2,1-5H3/t8-,9?,10+/m1/s1/i6D/t6?,8-,9?,10+. The minimum atomic E-state index is -4.00. The van der Waals surface area contributed by atoms with Gasteiger partial charge in [-0.3, -0.25) is 8.37 Å². The van der Waals surface area contributed by atoms with Gasteiger partial charge in [0.05, 0.1) is 19.1 Å². The third-order valence-electron chi connectivity index (χ3n) is 2.13. The second-order valence-electron chi connectivity index (χ2n) is 5.84. The van der Waals surface area contributed by atoms with Crippen molar-refractivity contribution in [3.05, 3.63) is 0 Å². The molecule has 128 valence electrons. The summed E-state index contributed by atoms with van der Waals surface area (Å²) in [6.07, 6.45) is -4.83. The highest BCUT2D eigenvalue weighted by Gasteiger charge is 2.34. The van der Waals surface area contributed by atoms with E-state index < -0.39 is 57.0 Å². The van der Waals surface area contributed by atoms with Crippen molar-refractivity contribution in [3.63, 3.8) is 0 Å². The van der Waals surface area contributed by atoms with E-state index in [4.69, 9.17) is 5.55 Å². The lowest BCUT2D eigenvalue weighted by atomic mass is 9.86. The van der Waals surface area contributed by atoms with Gasteiger partial charge in [-0.15, -0.1) is 0 Å².